The highest BCUT2D eigenvalue weighted by Crippen LogP contribution is 2.03. The van der Waals surface area contributed by atoms with E-state index in [2.05, 4.69) is 0 Å². The predicted molar refractivity (Wildman–Crippen MR) is 53.4 cm³/mol. The van der Waals surface area contributed by atoms with E-state index in [0.717, 1.165) is 5.56 Å². The van der Waals surface area contributed by atoms with Gasteiger partial charge in [-0.1, -0.05) is 37.3 Å². The Kier molecular flexibility index (Phi) is 3.65. The third-order valence-corrected chi connectivity index (χ3v) is 2.06. The molecule has 0 aromatic heterocycles. The van der Waals surface area contributed by atoms with E-state index in [9.17, 15) is 4.79 Å². The van der Waals surface area contributed by atoms with Gasteiger partial charge in [0.05, 0.1) is 6.04 Å². The van der Waals surface area contributed by atoms with Crippen LogP contribution in [0.2, 0.25) is 0 Å². The summed E-state index contributed by atoms with van der Waals surface area (Å²) in [6.07, 6.45) is 1.17. The van der Waals surface area contributed by atoms with Gasteiger partial charge in [-0.25, -0.2) is 0 Å². The number of benzene rings is 1. The van der Waals surface area contributed by atoms with Crippen molar-refractivity contribution >= 4 is 5.78 Å². The van der Waals surface area contributed by atoms with Crippen LogP contribution in [0.15, 0.2) is 30.3 Å². The lowest BCUT2D eigenvalue weighted by molar-refractivity contribution is -0.119. The number of carbonyl (C=O) groups excluding carboxylic acids is 1. The van der Waals surface area contributed by atoms with Crippen LogP contribution in [0.1, 0.15) is 18.9 Å². The molecule has 0 spiro atoms. The van der Waals surface area contributed by atoms with E-state index in [0.29, 0.717) is 12.8 Å². The summed E-state index contributed by atoms with van der Waals surface area (Å²) in [5.41, 5.74) is 6.83. The maximum Gasteiger partial charge on any atom is 0.149 e. The summed E-state index contributed by atoms with van der Waals surface area (Å²) in [4.78, 5) is 11.2. The van der Waals surface area contributed by atoms with E-state index in [1.807, 2.05) is 37.3 Å². The zero-order chi connectivity index (χ0) is 9.68. The Morgan fingerprint density at radius 1 is 1.38 bits per heavy atom. The molecule has 0 aliphatic rings. The smallest absolute Gasteiger partial charge is 0.149 e. The highest BCUT2D eigenvalue weighted by atomic mass is 16.1. The van der Waals surface area contributed by atoms with Crippen molar-refractivity contribution in [2.45, 2.75) is 25.8 Å². The summed E-state index contributed by atoms with van der Waals surface area (Å²) >= 11 is 0. The van der Waals surface area contributed by atoms with E-state index >= 15 is 0 Å². The monoisotopic (exact) mass is 177 g/mol. The van der Waals surface area contributed by atoms with Gasteiger partial charge in [0, 0.05) is 6.42 Å². The normalized spacial score (nSPS) is 12.5. The fourth-order valence-electron chi connectivity index (χ4n) is 1.24. The van der Waals surface area contributed by atoms with Crippen LogP contribution in [0.5, 0.6) is 0 Å². The Balaban J connectivity index is 2.55. The number of rotatable bonds is 4. The molecule has 1 aromatic carbocycles. The van der Waals surface area contributed by atoms with Crippen molar-refractivity contribution < 1.29 is 4.79 Å². The van der Waals surface area contributed by atoms with E-state index in [1.165, 1.54) is 0 Å². The molecule has 2 heteroatoms. The van der Waals surface area contributed by atoms with E-state index < -0.39 is 0 Å². The van der Waals surface area contributed by atoms with Gasteiger partial charge in [0.15, 0.2) is 0 Å². The van der Waals surface area contributed by atoms with Crippen molar-refractivity contribution in [2.75, 3.05) is 0 Å². The molecule has 0 bridgehead atoms. The standard InChI is InChI=1S/C11H15NO/c1-2-11(13)10(12)8-9-6-4-3-5-7-9/h3-7,10H,2,8,12H2,1H3/t10-/m0/s1. The first-order valence-corrected chi connectivity index (χ1v) is 4.56. The average molecular weight is 177 g/mol. The molecule has 70 valence electrons. The maximum absolute atomic E-state index is 11.2. The molecule has 0 heterocycles. The molecule has 1 atom stereocenters. The molecule has 0 unspecified atom stereocenters. The minimum atomic E-state index is -0.340. The summed E-state index contributed by atoms with van der Waals surface area (Å²) in [7, 11) is 0. The Bertz CT molecular complexity index is 269. The molecule has 0 aliphatic carbocycles. The van der Waals surface area contributed by atoms with Crippen LogP contribution in [0, 0.1) is 0 Å². The lowest BCUT2D eigenvalue weighted by Gasteiger charge is -2.08. The molecule has 2 N–H and O–H groups in total. The zero-order valence-electron chi connectivity index (χ0n) is 7.86. The van der Waals surface area contributed by atoms with Gasteiger partial charge in [-0.2, -0.15) is 0 Å². The number of hydrogen-bond donors (Lipinski definition) is 1. The first kappa shape index (κ1) is 9.93. The van der Waals surface area contributed by atoms with Gasteiger partial charge in [-0.05, 0) is 12.0 Å². The number of ketones is 1. The molecule has 13 heavy (non-hydrogen) atoms. The minimum absolute atomic E-state index is 0.129. The molecule has 0 aliphatic heterocycles. The summed E-state index contributed by atoms with van der Waals surface area (Å²) in [5, 5.41) is 0. The van der Waals surface area contributed by atoms with Crippen LogP contribution in [-0.4, -0.2) is 11.8 Å². The van der Waals surface area contributed by atoms with Crippen LogP contribution in [0.25, 0.3) is 0 Å². The molecule has 1 aromatic rings. The predicted octanol–water partition coefficient (Wildman–Crippen LogP) is 1.54. The lowest BCUT2D eigenvalue weighted by atomic mass is 10.0. The Morgan fingerprint density at radius 2 is 2.00 bits per heavy atom. The Hall–Kier alpha value is -1.15. The van der Waals surface area contributed by atoms with Crippen LogP contribution in [0.4, 0.5) is 0 Å². The average Bonchev–Trinajstić information content (AvgIpc) is 2.18. The highest BCUT2D eigenvalue weighted by molar-refractivity contribution is 5.83. The first-order valence-electron chi connectivity index (χ1n) is 4.56. The van der Waals surface area contributed by atoms with Gasteiger partial charge in [0.25, 0.3) is 0 Å². The second-order valence-corrected chi connectivity index (χ2v) is 3.12. The number of nitrogens with two attached hydrogens (primary N) is 1. The molecular weight excluding hydrogens is 162 g/mol. The van der Waals surface area contributed by atoms with E-state index in [4.69, 9.17) is 5.73 Å². The molecule has 1 rings (SSSR count). The summed E-state index contributed by atoms with van der Waals surface area (Å²) in [6, 6.07) is 9.51. The maximum atomic E-state index is 11.2. The van der Waals surface area contributed by atoms with Gasteiger partial charge in [-0.15, -0.1) is 0 Å². The zero-order valence-corrected chi connectivity index (χ0v) is 7.86. The van der Waals surface area contributed by atoms with Crippen molar-refractivity contribution in [1.29, 1.82) is 0 Å². The fraction of sp³-hybridized carbons (Fsp3) is 0.364. The number of hydrogen-bond acceptors (Lipinski definition) is 2. The molecule has 0 saturated carbocycles. The second kappa shape index (κ2) is 4.77. The van der Waals surface area contributed by atoms with Gasteiger partial charge in [0.2, 0.25) is 0 Å². The van der Waals surface area contributed by atoms with Crippen molar-refractivity contribution in [1.82, 2.24) is 0 Å². The van der Waals surface area contributed by atoms with Gasteiger partial charge < -0.3 is 5.73 Å². The number of Topliss-reactive ketones (excluding diaryl/α,β-unsaturated/α-hetero) is 1. The fourth-order valence-corrected chi connectivity index (χ4v) is 1.24. The lowest BCUT2D eigenvalue weighted by Crippen LogP contribution is -2.32. The SMILES string of the molecule is CCC(=O)[C@@H](N)Cc1ccccc1. The molecule has 0 saturated heterocycles. The van der Waals surface area contributed by atoms with Crippen LogP contribution >= 0.6 is 0 Å². The topological polar surface area (TPSA) is 43.1 Å². The van der Waals surface area contributed by atoms with Crippen molar-refractivity contribution in [2.24, 2.45) is 5.73 Å². The van der Waals surface area contributed by atoms with Crippen LogP contribution in [0.3, 0.4) is 0 Å². The summed E-state index contributed by atoms with van der Waals surface area (Å²) < 4.78 is 0. The summed E-state index contributed by atoms with van der Waals surface area (Å²) in [5.74, 6) is 0.129. The molecular formula is C11H15NO. The molecule has 0 amide bonds. The van der Waals surface area contributed by atoms with Crippen LogP contribution < -0.4 is 5.73 Å². The minimum Gasteiger partial charge on any atom is -0.321 e. The summed E-state index contributed by atoms with van der Waals surface area (Å²) in [6.45, 7) is 1.84. The van der Waals surface area contributed by atoms with Gasteiger partial charge in [0.1, 0.15) is 5.78 Å². The first-order chi connectivity index (χ1) is 6.24. The van der Waals surface area contributed by atoms with Crippen molar-refractivity contribution in [3.05, 3.63) is 35.9 Å². The van der Waals surface area contributed by atoms with E-state index in [1.54, 1.807) is 0 Å². The molecule has 2 nitrogen and oxygen atoms in total. The highest BCUT2D eigenvalue weighted by Gasteiger charge is 2.10. The Morgan fingerprint density at radius 3 is 2.54 bits per heavy atom. The Labute approximate surface area is 78.8 Å². The molecule has 0 radical (unpaired) electrons. The third kappa shape index (κ3) is 2.99. The quantitative estimate of drug-likeness (QED) is 0.758. The third-order valence-electron chi connectivity index (χ3n) is 2.06. The van der Waals surface area contributed by atoms with Crippen molar-refractivity contribution in [3.63, 3.8) is 0 Å². The second-order valence-electron chi connectivity index (χ2n) is 3.12. The van der Waals surface area contributed by atoms with Crippen LogP contribution in [-0.2, 0) is 11.2 Å². The van der Waals surface area contributed by atoms with Gasteiger partial charge in [-0.3, -0.25) is 4.79 Å². The number of carbonyl (C=O) groups is 1. The molecule has 0 fully saturated rings. The van der Waals surface area contributed by atoms with Crippen molar-refractivity contribution in [3.8, 4) is 0 Å². The van der Waals surface area contributed by atoms with E-state index in [-0.39, 0.29) is 11.8 Å². The largest absolute Gasteiger partial charge is 0.321 e. The van der Waals surface area contributed by atoms with Gasteiger partial charge >= 0.3 is 0 Å².